The predicted molar refractivity (Wildman–Crippen MR) is 119 cm³/mol. The standard InChI is InChI=1S/C21H27N3O5S2/c1-2-3-13-22-30(26,27)19-11-9-18(10-12-19)23-21(25)17-7-6-8-20(16-17)31(28,29)24-14-4-5-15-24/h6-12,16,22H,2-5,13-15H2,1H3,(H,23,25). The number of amides is 1. The molecule has 0 radical (unpaired) electrons. The van der Waals surface area contributed by atoms with Gasteiger partial charge in [-0.2, -0.15) is 4.31 Å². The third kappa shape index (κ3) is 5.70. The molecule has 31 heavy (non-hydrogen) atoms. The van der Waals surface area contributed by atoms with Crippen LogP contribution >= 0.6 is 0 Å². The fraction of sp³-hybridized carbons (Fsp3) is 0.381. The van der Waals surface area contributed by atoms with Crippen LogP contribution in [0.25, 0.3) is 0 Å². The summed E-state index contributed by atoms with van der Waals surface area (Å²) >= 11 is 0. The highest BCUT2D eigenvalue weighted by atomic mass is 32.2. The van der Waals surface area contributed by atoms with E-state index >= 15 is 0 Å². The van der Waals surface area contributed by atoms with Gasteiger partial charge in [-0.15, -0.1) is 0 Å². The lowest BCUT2D eigenvalue weighted by Crippen LogP contribution is -2.28. The molecule has 10 heteroatoms. The topological polar surface area (TPSA) is 113 Å². The second-order valence-corrected chi connectivity index (χ2v) is 11.1. The molecule has 2 aromatic carbocycles. The van der Waals surface area contributed by atoms with E-state index in [0.29, 0.717) is 25.3 Å². The van der Waals surface area contributed by atoms with Crippen LogP contribution < -0.4 is 10.0 Å². The van der Waals surface area contributed by atoms with E-state index in [1.165, 1.54) is 52.8 Å². The second-order valence-electron chi connectivity index (χ2n) is 7.37. The van der Waals surface area contributed by atoms with Gasteiger partial charge in [-0.05, 0) is 61.7 Å². The lowest BCUT2D eigenvalue weighted by molar-refractivity contribution is 0.102. The number of nitrogens with one attached hydrogen (secondary N) is 2. The Labute approximate surface area is 183 Å². The van der Waals surface area contributed by atoms with E-state index in [1.807, 2.05) is 6.92 Å². The van der Waals surface area contributed by atoms with Crippen molar-refractivity contribution in [3.63, 3.8) is 0 Å². The number of anilines is 1. The highest BCUT2D eigenvalue weighted by Crippen LogP contribution is 2.22. The van der Waals surface area contributed by atoms with Crippen molar-refractivity contribution in [3.05, 3.63) is 54.1 Å². The molecule has 0 spiro atoms. The van der Waals surface area contributed by atoms with E-state index < -0.39 is 26.0 Å². The SMILES string of the molecule is CCCCNS(=O)(=O)c1ccc(NC(=O)c2cccc(S(=O)(=O)N3CCCC3)c2)cc1. The highest BCUT2D eigenvalue weighted by molar-refractivity contribution is 7.89. The Morgan fingerprint density at radius 3 is 2.29 bits per heavy atom. The van der Waals surface area contributed by atoms with Crippen LogP contribution in [0.2, 0.25) is 0 Å². The van der Waals surface area contributed by atoms with Crippen LogP contribution in [-0.2, 0) is 20.0 Å². The van der Waals surface area contributed by atoms with Gasteiger partial charge < -0.3 is 5.32 Å². The number of benzene rings is 2. The number of rotatable bonds is 9. The summed E-state index contributed by atoms with van der Waals surface area (Å²) in [5, 5.41) is 2.67. The van der Waals surface area contributed by atoms with Crippen molar-refractivity contribution < 1.29 is 21.6 Å². The maximum absolute atomic E-state index is 12.7. The van der Waals surface area contributed by atoms with Crippen molar-refractivity contribution in [1.82, 2.24) is 9.03 Å². The summed E-state index contributed by atoms with van der Waals surface area (Å²) in [4.78, 5) is 12.8. The maximum atomic E-state index is 12.7. The average molecular weight is 466 g/mol. The monoisotopic (exact) mass is 465 g/mol. The van der Waals surface area contributed by atoms with Gasteiger partial charge in [0.1, 0.15) is 0 Å². The normalized spacial score (nSPS) is 15.1. The van der Waals surface area contributed by atoms with Crippen LogP contribution in [0.4, 0.5) is 5.69 Å². The Bertz CT molecular complexity index is 1120. The molecule has 168 valence electrons. The van der Waals surface area contributed by atoms with E-state index in [1.54, 1.807) is 0 Å². The molecule has 0 unspecified atom stereocenters. The van der Waals surface area contributed by atoms with E-state index in [2.05, 4.69) is 10.0 Å². The summed E-state index contributed by atoms with van der Waals surface area (Å²) < 4.78 is 53.9. The molecule has 1 fully saturated rings. The lowest BCUT2D eigenvalue weighted by Gasteiger charge is -2.16. The van der Waals surface area contributed by atoms with Crippen LogP contribution in [0, 0.1) is 0 Å². The minimum Gasteiger partial charge on any atom is -0.322 e. The first-order valence-electron chi connectivity index (χ1n) is 10.3. The second kappa shape index (κ2) is 9.90. The molecule has 3 rings (SSSR count). The number of nitrogens with zero attached hydrogens (tertiary/aromatic N) is 1. The summed E-state index contributed by atoms with van der Waals surface area (Å²) in [5.41, 5.74) is 0.614. The van der Waals surface area contributed by atoms with Crippen LogP contribution in [0.15, 0.2) is 58.3 Å². The predicted octanol–water partition coefficient (Wildman–Crippen LogP) is 2.80. The minimum absolute atomic E-state index is 0.0849. The van der Waals surface area contributed by atoms with Gasteiger partial charge >= 0.3 is 0 Å². The Morgan fingerprint density at radius 1 is 0.968 bits per heavy atom. The first-order valence-corrected chi connectivity index (χ1v) is 13.2. The van der Waals surface area contributed by atoms with E-state index in [0.717, 1.165) is 25.7 Å². The number of carbonyl (C=O) groups excluding carboxylic acids is 1. The van der Waals surface area contributed by atoms with Gasteiger partial charge in [0, 0.05) is 30.9 Å². The summed E-state index contributed by atoms with van der Waals surface area (Å²) in [6, 6.07) is 11.7. The lowest BCUT2D eigenvalue weighted by atomic mass is 10.2. The zero-order valence-corrected chi connectivity index (χ0v) is 19.0. The molecule has 0 bridgehead atoms. The smallest absolute Gasteiger partial charge is 0.255 e. The molecule has 0 atom stereocenters. The zero-order valence-electron chi connectivity index (χ0n) is 17.4. The van der Waals surface area contributed by atoms with Gasteiger partial charge in [0.25, 0.3) is 5.91 Å². The molecule has 2 N–H and O–H groups in total. The number of carbonyl (C=O) groups is 1. The molecular formula is C21H27N3O5S2. The average Bonchev–Trinajstić information content (AvgIpc) is 3.30. The van der Waals surface area contributed by atoms with E-state index in [9.17, 15) is 21.6 Å². The van der Waals surface area contributed by atoms with Crippen LogP contribution in [0.3, 0.4) is 0 Å². The molecule has 1 heterocycles. The van der Waals surface area contributed by atoms with E-state index in [4.69, 9.17) is 0 Å². The van der Waals surface area contributed by atoms with Gasteiger partial charge in [0.15, 0.2) is 0 Å². The van der Waals surface area contributed by atoms with Gasteiger partial charge in [-0.3, -0.25) is 4.79 Å². The Kier molecular flexibility index (Phi) is 7.47. The molecule has 0 saturated carbocycles. The van der Waals surface area contributed by atoms with Crippen LogP contribution in [0.5, 0.6) is 0 Å². The summed E-state index contributed by atoms with van der Waals surface area (Å²) in [6.07, 6.45) is 3.30. The molecule has 2 aromatic rings. The minimum atomic E-state index is -3.62. The van der Waals surface area contributed by atoms with Crippen molar-refractivity contribution >= 4 is 31.6 Å². The molecule has 1 aliphatic heterocycles. The molecule has 0 aliphatic carbocycles. The maximum Gasteiger partial charge on any atom is 0.255 e. The third-order valence-corrected chi connectivity index (χ3v) is 8.42. The fourth-order valence-corrected chi connectivity index (χ4v) is 5.90. The van der Waals surface area contributed by atoms with Crippen molar-refractivity contribution in [3.8, 4) is 0 Å². The Hall–Kier alpha value is -2.27. The van der Waals surface area contributed by atoms with Gasteiger partial charge in [0.05, 0.1) is 9.79 Å². The van der Waals surface area contributed by atoms with Gasteiger partial charge in [0.2, 0.25) is 20.0 Å². The van der Waals surface area contributed by atoms with Gasteiger partial charge in [-0.1, -0.05) is 19.4 Å². The third-order valence-electron chi connectivity index (χ3n) is 5.04. The van der Waals surface area contributed by atoms with Crippen LogP contribution in [0.1, 0.15) is 43.0 Å². The zero-order chi connectivity index (χ0) is 22.5. The fourth-order valence-electron chi connectivity index (χ4n) is 3.26. The number of hydrogen-bond acceptors (Lipinski definition) is 5. The Balaban J connectivity index is 1.71. The first-order chi connectivity index (χ1) is 14.7. The number of sulfonamides is 2. The molecule has 1 aliphatic rings. The molecular weight excluding hydrogens is 438 g/mol. The largest absolute Gasteiger partial charge is 0.322 e. The molecule has 1 saturated heterocycles. The summed E-state index contributed by atoms with van der Waals surface area (Å²) in [7, 11) is -7.21. The van der Waals surface area contributed by atoms with Crippen LogP contribution in [-0.4, -0.2) is 46.7 Å². The number of hydrogen-bond donors (Lipinski definition) is 2. The van der Waals surface area contributed by atoms with Crippen molar-refractivity contribution in [2.75, 3.05) is 25.0 Å². The molecule has 8 nitrogen and oxygen atoms in total. The summed E-state index contributed by atoms with van der Waals surface area (Å²) in [5.74, 6) is -0.477. The quantitative estimate of drug-likeness (QED) is 0.553. The van der Waals surface area contributed by atoms with Gasteiger partial charge in [-0.25, -0.2) is 21.6 Å². The Morgan fingerprint density at radius 2 is 1.65 bits per heavy atom. The first kappa shape index (κ1) is 23.4. The molecule has 0 aromatic heterocycles. The van der Waals surface area contributed by atoms with E-state index in [-0.39, 0.29) is 15.4 Å². The molecule has 1 amide bonds. The van der Waals surface area contributed by atoms with Crippen molar-refractivity contribution in [2.45, 2.75) is 42.4 Å². The summed E-state index contributed by atoms with van der Waals surface area (Å²) in [6.45, 7) is 3.32. The van der Waals surface area contributed by atoms with Crippen molar-refractivity contribution in [2.24, 2.45) is 0 Å². The van der Waals surface area contributed by atoms with Crippen molar-refractivity contribution in [1.29, 1.82) is 0 Å². The number of unbranched alkanes of at least 4 members (excludes halogenated alkanes) is 1. The highest BCUT2D eigenvalue weighted by Gasteiger charge is 2.27.